The topological polar surface area (TPSA) is 9.23 Å². The molecule has 0 radical (unpaired) electrons. The van der Waals surface area contributed by atoms with E-state index < -0.39 is 0 Å². The van der Waals surface area contributed by atoms with Crippen molar-refractivity contribution in [2.24, 2.45) is 0 Å². The Kier molecular flexibility index (Phi) is 3.06. The molecule has 1 rings (SSSR count). The van der Waals surface area contributed by atoms with Crippen LogP contribution in [0.1, 0.15) is 5.56 Å². The highest BCUT2D eigenvalue weighted by atomic mass is 127. The van der Waals surface area contributed by atoms with Gasteiger partial charge in [-0.2, -0.15) is 0 Å². The zero-order valence-corrected chi connectivity index (χ0v) is 9.44. The molecule has 0 heterocycles. The molecule has 0 aliphatic rings. The van der Waals surface area contributed by atoms with Crippen LogP contribution in [0.25, 0.3) is 0 Å². The molecule has 3 heteroatoms. The summed E-state index contributed by atoms with van der Waals surface area (Å²) in [5, 5.41) is 0. The Morgan fingerprint density at radius 2 is 2.09 bits per heavy atom. The lowest BCUT2D eigenvalue weighted by atomic mass is 10.2. The molecule has 0 aliphatic heterocycles. The van der Waals surface area contributed by atoms with Crippen molar-refractivity contribution in [1.29, 1.82) is 0 Å². The number of methoxy groups -OCH3 is 1. The van der Waals surface area contributed by atoms with Gasteiger partial charge < -0.3 is 4.74 Å². The number of rotatable bonds is 1. The van der Waals surface area contributed by atoms with E-state index in [2.05, 4.69) is 35.2 Å². The molecule has 0 saturated heterocycles. The van der Waals surface area contributed by atoms with E-state index in [1.807, 2.05) is 19.1 Å². The molecule has 0 aromatic heterocycles. The zero-order valence-electron chi connectivity index (χ0n) is 6.39. The van der Waals surface area contributed by atoms with Crippen molar-refractivity contribution in [3.63, 3.8) is 0 Å². The molecule has 0 aliphatic carbocycles. The Bertz CT molecular complexity index is 273. The van der Waals surface area contributed by atoms with Crippen molar-refractivity contribution >= 4 is 35.2 Å². The van der Waals surface area contributed by atoms with E-state index in [9.17, 15) is 0 Å². The van der Waals surface area contributed by atoms with E-state index in [4.69, 9.17) is 4.74 Å². The molecular formula is C8H9IOS. The number of ether oxygens (including phenoxy) is 1. The SMILES string of the molecule is COc1ccc(S)c(C)c1I. The fourth-order valence-electron chi connectivity index (χ4n) is 0.808. The van der Waals surface area contributed by atoms with E-state index >= 15 is 0 Å². The first kappa shape index (κ1) is 9.19. The van der Waals surface area contributed by atoms with Gasteiger partial charge in [-0.15, -0.1) is 12.6 Å². The van der Waals surface area contributed by atoms with Crippen LogP contribution in [-0.4, -0.2) is 7.11 Å². The third kappa shape index (κ3) is 1.82. The molecule has 0 fully saturated rings. The Morgan fingerprint density at radius 3 is 2.64 bits per heavy atom. The molecular weight excluding hydrogens is 271 g/mol. The summed E-state index contributed by atoms with van der Waals surface area (Å²) in [5.41, 5.74) is 1.17. The highest BCUT2D eigenvalue weighted by Gasteiger charge is 2.04. The van der Waals surface area contributed by atoms with Gasteiger partial charge in [0.25, 0.3) is 0 Å². The average molecular weight is 280 g/mol. The summed E-state index contributed by atoms with van der Waals surface area (Å²) in [6.45, 7) is 2.03. The van der Waals surface area contributed by atoms with E-state index in [0.29, 0.717) is 0 Å². The second-order valence-corrected chi connectivity index (χ2v) is 3.79. The van der Waals surface area contributed by atoms with Crippen molar-refractivity contribution in [2.75, 3.05) is 7.11 Å². The van der Waals surface area contributed by atoms with Gasteiger partial charge in [-0.1, -0.05) is 0 Å². The highest BCUT2D eigenvalue weighted by Crippen LogP contribution is 2.27. The molecule has 0 atom stereocenters. The number of halogens is 1. The van der Waals surface area contributed by atoms with Gasteiger partial charge in [0.1, 0.15) is 5.75 Å². The molecule has 11 heavy (non-hydrogen) atoms. The fourth-order valence-corrected chi connectivity index (χ4v) is 1.90. The Balaban J connectivity index is 3.25. The van der Waals surface area contributed by atoms with Gasteiger partial charge in [0.2, 0.25) is 0 Å². The molecule has 0 amide bonds. The lowest BCUT2D eigenvalue weighted by Gasteiger charge is -2.06. The van der Waals surface area contributed by atoms with Crippen LogP contribution in [0, 0.1) is 10.5 Å². The summed E-state index contributed by atoms with van der Waals surface area (Å²) in [6.07, 6.45) is 0. The highest BCUT2D eigenvalue weighted by molar-refractivity contribution is 14.1. The number of thiol groups is 1. The van der Waals surface area contributed by atoms with E-state index in [0.717, 1.165) is 14.2 Å². The number of hydrogen-bond donors (Lipinski definition) is 1. The number of hydrogen-bond acceptors (Lipinski definition) is 2. The molecule has 0 N–H and O–H groups in total. The molecule has 0 unspecified atom stereocenters. The first-order valence-electron chi connectivity index (χ1n) is 3.19. The lowest BCUT2D eigenvalue weighted by Crippen LogP contribution is -1.90. The first-order valence-corrected chi connectivity index (χ1v) is 4.71. The summed E-state index contributed by atoms with van der Waals surface area (Å²) >= 11 is 6.55. The maximum Gasteiger partial charge on any atom is 0.132 e. The largest absolute Gasteiger partial charge is 0.496 e. The van der Waals surface area contributed by atoms with Crippen LogP contribution in [0.15, 0.2) is 17.0 Å². The summed E-state index contributed by atoms with van der Waals surface area (Å²) in [5.74, 6) is 0.918. The van der Waals surface area contributed by atoms with Crippen LogP contribution >= 0.6 is 35.2 Å². The molecule has 1 nitrogen and oxygen atoms in total. The zero-order chi connectivity index (χ0) is 8.43. The fraction of sp³-hybridized carbons (Fsp3) is 0.250. The van der Waals surface area contributed by atoms with Crippen LogP contribution in [0.4, 0.5) is 0 Å². The van der Waals surface area contributed by atoms with Crippen molar-refractivity contribution in [3.05, 3.63) is 21.3 Å². The third-order valence-corrected chi connectivity index (χ3v) is 3.37. The van der Waals surface area contributed by atoms with Gasteiger partial charge in [-0.3, -0.25) is 0 Å². The lowest BCUT2D eigenvalue weighted by molar-refractivity contribution is 0.411. The van der Waals surface area contributed by atoms with Crippen LogP contribution in [-0.2, 0) is 0 Å². The molecule has 0 spiro atoms. The maximum atomic E-state index is 5.14. The normalized spacial score (nSPS) is 9.82. The average Bonchev–Trinajstić information content (AvgIpc) is 2.01. The molecule has 0 bridgehead atoms. The predicted molar refractivity (Wildman–Crippen MR) is 57.7 cm³/mol. The van der Waals surface area contributed by atoms with Gasteiger partial charge in [0.05, 0.1) is 10.7 Å². The van der Waals surface area contributed by atoms with Crippen LogP contribution in [0.2, 0.25) is 0 Å². The molecule has 0 saturated carbocycles. The Labute approximate surface area is 85.7 Å². The smallest absolute Gasteiger partial charge is 0.132 e. The summed E-state index contributed by atoms with van der Waals surface area (Å²) in [7, 11) is 1.68. The van der Waals surface area contributed by atoms with Gasteiger partial charge in [0, 0.05) is 4.90 Å². The van der Waals surface area contributed by atoms with E-state index in [-0.39, 0.29) is 0 Å². The minimum Gasteiger partial charge on any atom is -0.496 e. The van der Waals surface area contributed by atoms with Crippen molar-refractivity contribution in [3.8, 4) is 5.75 Å². The van der Waals surface area contributed by atoms with Crippen molar-refractivity contribution in [2.45, 2.75) is 11.8 Å². The summed E-state index contributed by atoms with van der Waals surface area (Å²) in [4.78, 5) is 1.01. The van der Waals surface area contributed by atoms with Gasteiger partial charge in [0.15, 0.2) is 0 Å². The third-order valence-electron chi connectivity index (χ3n) is 1.54. The molecule has 1 aromatic rings. The van der Waals surface area contributed by atoms with Crippen LogP contribution in [0.3, 0.4) is 0 Å². The Morgan fingerprint density at radius 1 is 1.45 bits per heavy atom. The van der Waals surface area contributed by atoms with E-state index in [1.54, 1.807) is 7.11 Å². The molecule has 1 aromatic carbocycles. The predicted octanol–water partition coefficient (Wildman–Crippen LogP) is 2.90. The quantitative estimate of drug-likeness (QED) is 0.614. The first-order chi connectivity index (χ1) is 5.16. The minimum absolute atomic E-state index is 0.918. The standard InChI is InChI=1S/C8H9IOS/c1-5-7(11)4-3-6(10-2)8(5)9/h3-4,11H,1-2H3. The minimum atomic E-state index is 0.918. The van der Waals surface area contributed by atoms with Crippen molar-refractivity contribution in [1.82, 2.24) is 0 Å². The van der Waals surface area contributed by atoms with Crippen molar-refractivity contribution < 1.29 is 4.74 Å². The second-order valence-electron chi connectivity index (χ2n) is 2.23. The maximum absolute atomic E-state index is 5.14. The van der Waals surface area contributed by atoms with Gasteiger partial charge >= 0.3 is 0 Å². The Hall–Kier alpha value is 0.1000. The summed E-state index contributed by atoms with van der Waals surface area (Å²) in [6, 6.07) is 3.87. The van der Waals surface area contributed by atoms with Gasteiger partial charge in [-0.25, -0.2) is 0 Å². The summed E-state index contributed by atoms with van der Waals surface area (Å²) < 4.78 is 6.28. The van der Waals surface area contributed by atoms with Crippen LogP contribution < -0.4 is 4.74 Å². The molecule has 60 valence electrons. The second kappa shape index (κ2) is 3.67. The monoisotopic (exact) mass is 280 g/mol. The number of benzene rings is 1. The van der Waals surface area contributed by atoms with Crippen LogP contribution in [0.5, 0.6) is 5.75 Å². The van der Waals surface area contributed by atoms with Gasteiger partial charge in [-0.05, 0) is 47.2 Å². The van der Waals surface area contributed by atoms with E-state index in [1.165, 1.54) is 5.56 Å².